The van der Waals surface area contributed by atoms with E-state index >= 15 is 0 Å². The smallest absolute Gasteiger partial charge is 0.308 e. The quantitative estimate of drug-likeness (QED) is 0.319. The van der Waals surface area contributed by atoms with Crippen molar-refractivity contribution in [3.05, 3.63) is 36.4 Å². The first-order chi connectivity index (χ1) is 13.6. The summed E-state index contributed by atoms with van der Waals surface area (Å²) < 4.78 is 16.3. The Kier molecular flexibility index (Phi) is 9.92. The molecule has 0 aliphatic rings. The van der Waals surface area contributed by atoms with Crippen LogP contribution in [0.25, 0.3) is 0 Å². The maximum absolute atomic E-state index is 11.9. The van der Waals surface area contributed by atoms with Crippen LogP contribution in [0.15, 0.2) is 30.9 Å². The molecule has 160 valence electrons. The van der Waals surface area contributed by atoms with Gasteiger partial charge in [0.1, 0.15) is 24.2 Å². The molecular weight excluding hydrogens is 374 g/mol. The number of aryl methyl sites for hydroxylation is 1. The van der Waals surface area contributed by atoms with E-state index in [-0.39, 0.29) is 11.9 Å². The van der Waals surface area contributed by atoms with Crippen LogP contribution in [-0.4, -0.2) is 48.0 Å². The number of nitrogens with zero attached hydrogens (tertiary/aromatic N) is 1. The Bertz CT molecular complexity index is 728. The van der Waals surface area contributed by atoms with Crippen molar-refractivity contribution in [2.24, 2.45) is 0 Å². The van der Waals surface area contributed by atoms with Crippen LogP contribution in [0.2, 0.25) is 0 Å². The summed E-state index contributed by atoms with van der Waals surface area (Å²) in [6, 6.07) is 5.15. The number of benzene rings is 1. The summed E-state index contributed by atoms with van der Waals surface area (Å²) in [6.07, 6.45) is 2.23. The lowest BCUT2D eigenvalue weighted by Crippen LogP contribution is -2.42. The zero-order valence-corrected chi connectivity index (χ0v) is 17.9. The topological polar surface area (TPSA) is 82.1 Å². The fourth-order valence-electron chi connectivity index (χ4n) is 2.91. The highest BCUT2D eigenvalue weighted by Gasteiger charge is 2.22. The third-order valence-electron chi connectivity index (χ3n) is 4.15. The predicted molar refractivity (Wildman–Crippen MR) is 110 cm³/mol. The van der Waals surface area contributed by atoms with Gasteiger partial charge in [0.05, 0.1) is 6.54 Å². The molecule has 29 heavy (non-hydrogen) atoms. The number of carbonyl (C=O) groups excluding carboxylic acids is 3. The monoisotopic (exact) mass is 405 g/mol. The second-order valence-corrected chi connectivity index (χ2v) is 7.00. The maximum Gasteiger partial charge on any atom is 0.308 e. The average Bonchev–Trinajstić information content (AvgIpc) is 2.61. The van der Waals surface area contributed by atoms with Gasteiger partial charge < -0.3 is 19.1 Å². The third-order valence-corrected chi connectivity index (χ3v) is 4.15. The number of carbonyl (C=O) groups is 3. The van der Waals surface area contributed by atoms with Crippen molar-refractivity contribution in [2.75, 3.05) is 13.2 Å². The van der Waals surface area contributed by atoms with E-state index in [1.54, 1.807) is 23.1 Å². The summed E-state index contributed by atoms with van der Waals surface area (Å²) in [7, 11) is 0. The molecule has 0 aromatic heterocycles. The first-order valence-electron chi connectivity index (χ1n) is 9.63. The van der Waals surface area contributed by atoms with Crippen LogP contribution in [0.3, 0.4) is 0 Å². The molecule has 1 amide bonds. The van der Waals surface area contributed by atoms with Gasteiger partial charge in [0, 0.05) is 32.9 Å². The Morgan fingerprint density at radius 3 is 2.34 bits per heavy atom. The molecule has 1 aromatic rings. The van der Waals surface area contributed by atoms with Crippen molar-refractivity contribution < 1.29 is 28.6 Å². The Labute approximate surface area is 172 Å². The standard InChI is InChI=1S/C22H31NO6/c1-7-12-27-22-13-20(28-17(5)25)10-8-19(22)9-11-21(29-18(6)26)14-23(15(2)3)16(4)24/h7-8,10,13,15,21H,1,9,11-12,14H2,2-6H3. The van der Waals surface area contributed by atoms with Gasteiger partial charge >= 0.3 is 11.9 Å². The van der Waals surface area contributed by atoms with Crippen LogP contribution in [0.5, 0.6) is 11.5 Å². The normalized spacial score (nSPS) is 11.5. The Hall–Kier alpha value is -2.83. The first kappa shape index (κ1) is 24.2. The van der Waals surface area contributed by atoms with Gasteiger partial charge in [-0.25, -0.2) is 0 Å². The molecule has 1 atom stereocenters. The van der Waals surface area contributed by atoms with E-state index in [0.29, 0.717) is 37.5 Å². The molecule has 7 nitrogen and oxygen atoms in total. The van der Waals surface area contributed by atoms with Crippen LogP contribution in [-0.2, 0) is 25.5 Å². The van der Waals surface area contributed by atoms with Crippen LogP contribution in [0, 0.1) is 0 Å². The minimum absolute atomic E-state index is 0.0000527. The van der Waals surface area contributed by atoms with E-state index < -0.39 is 18.0 Å². The lowest BCUT2D eigenvalue weighted by Gasteiger charge is -2.29. The van der Waals surface area contributed by atoms with E-state index in [0.717, 1.165) is 5.56 Å². The number of amides is 1. The molecule has 0 aliphatic carbocycles. The number of esters is 2. The highest BCUT2D eigenvalue weighted by molar-refractivity contribution is 5.73. The van der Waals surface area contributed by atoms with Gasteiger partial charge in [-0.2, -0.15) is 0 Å². The highest BCUT2D eigenvalue weighted by atomic mass is 16.5. The first-order valence-corrected chi connectivity index (χ1v) is 9.63. The van der Waals surface area contributed by atoms with E-state index in [9.17, 15) is 14.4 Å². The summed E-state index contributed by atoms with van der Waals surface area (Å²) in [5.41, 5.74) is 0.874. The number of hydrogen-bond acceptors (Lipinski definition) is 6. The van der Waals surface area contributed by atoms with Crippen molar-refractivity contribution in [2.45, 2.75) is 59.6 Å². The Morgan fingerprint density at radius 1 is 1.14 bits per heavy atom. The highest BCUT2D eigenvalue weighted by Crippen LogP contribution is 2.27. The fourth-order valence-corrected chi connectivity index (χ4v) is 2.91. The zero-order valence-electron chi connectivity index (χ0n) is 17.9. The van der Waals surface area contributed by atoms with Crippen LogP contribution < -0.4 is 9.47 Å². The molecule has 0 fully saturated rings. The average molecular weight is 405 g/mol. The fraction of sp³-hybridized carbons (Fsp3) is 0.500. The molecular formula is C22H31NO6. The molecule has 1 aromatic carbocycles. The molecule has 7 heteroatoms. The molecule has 0 heterocycles. The van der Waals surface area contributed by atoms with Crippen molar-refractivity contribution in [3.8, 4) is 11.5 Å². The third kappa shape index (κ3) is 8.81. The Morgan fingerprint density at radius 2 is 1.83 bits per heavy atom. The van der Waals surface area contributed by atoms with Crippen LogP contribution in [0.1, 0.15) is 46.6 Å². The lowest BCUT2D eigenvalue weighted by atomic mass is 10.0. The summed E-state index contributed by atoms with van der Waals surface area (Å²) >= 11 is 0. The molecule has 0 spiro atoms. The van der Waals surface area contributed by atoms with Crippen molar-refractivity contribution >= 4 is 17.8 Å². The summed E-state index contributed by atoms with van der Waals surface area (Å²) in [5.74, 6) is 0.0748. The maximum atomic E-state index is 11.9. The molecule has 0 N–H and O–H groups in total. The minimum Gasteiger partial charge on any atom is -0.489 e. The molecule has 0 aliphatic heterocycles. The molecule has 0 radical (unpaired) electrons. The van der Waals surface area contributed by atoms with E-state index in [1.807, 2.05) is 19.9 Å². The largest absolute Gasteiger partial charge is 0.489 e. The second-order valence-electron chi connectivity index (χ2n) is 7.00. The SMILES string of the molecule is C=CCOc1cc(OC(C)=O)ccc1CCC(CN(C(C)=O)C(C)C)OC(C)=O. The molecule has 1 unspecified atom stereocenters. The van der Waals surface area contributed by atoms with Gasteiger partial charge in [0.15, 0.2) is 0 Å². The van der Waals surface area contributed by atoms with Crippen LogP contribution in [0.4, 0.5) is 0 Å². The summed E-state index contributed by atoms with van der Waals surface area (Å²) in [6.45, 7) is 12.3. The van der Waals surface area contributed by atoms with Gasteiger partial charge in [-0.3, -0.25) is 14.4 Å². The lowest BCUT2D eigenvalue weighted by molar-refractivity contribution is -0.150. The Balaban J connectivity index is 2.98. The van der Waals surface area contributed by atoms with Gasteiger partial charge in [-0.05, 0) is 38.3 Å². The van der Waals surface area contributed by atoms with Crippen molar-refractivity contribution in [1.29, 1.82) is 0 Å². The van der Waals surface area contributed by atoms with Gasteiger partial charge in [-0.15, -0.1) is 0 Å². The van der Waals surface area contributed by atoms with E-state index in [4.69, 9.17) is 14.2 Å². The molecule has 0 saturated carbocycles. The molecule has 1 rings (SSSR count). The number of hydrogen-bond donors (Lipinski definition) is 0. The van der Waals surface area contributed by atoms with Gasteiger partial charge in [0.2, 0.25) is 5.91 Å². The van der Waals surface area contributed by atoms with E-state index in [1.165, 1.54) is 20.8 Å². The zero-order chi connectivity index (χ0) is 22.0. The molecule has 0 bridgehead atoms. The number of rotatable bonds is 11. The minimum atomic E-state index is -0.445. The molecule has 0 saturated heterocycles. The second kappa shape index (κ2) is 11.9. The van der Waals surface area contributed by atoms with Gasteiger partial charge in [0.25, 0.3) is 0 Å². The number of ether oxygens (including phenoxy) is 3. The van der Waals surface area contributed by atoms with Crippen molar-refractivity contribution in [1.82, 2.24) is 4.90 Å². The summed E-state index contributed by atoms with van der Waals surface area (Å²) in [4.78, 5) is 36.3. The predicted octanol–water partition coefficient (Wildman–Crippen LogP) is 3.30. The van der Waals surface area contributed by atoms with Crippen molar-refractivity contribution in [3.63, 3.8) is 0 Å². The summed E-state index contributed by atoms with van der Waals surface area (Å²) in [5, 5.41) is 0. The van der Waals surface area contributed by atoms with Gasteiger partial charge in [-0.1, -0.05) is 18.7 Å². The van der Waals surface area contributed by atoms with Crippen LogP contribution >= 0.6 is 0 Å². The van der Waals surface area contributed by atoms with E-state index in [2.05, 4.69) is 6.58 Å².